The highest BCUT2D eigenvalue weighted by Crippen LogP contribution is 2.36. The van der Waals surface area contributed by atoms with Crippen LogP contribution in [-0.4, -0.2) is 45.5 Å². The third-order valence-corrected chi connectivity index (χ3v) is 6.02. The molecule has 0 radical (unpaired) electrons. The Morgan fingerprint density at radius 2 is 1.72 bits per heavy atom. The Hall–Kier alpha value is -3.35. The van der Waals surface area contributed by atoms with Crippen LogP contribution in [0.4, 0.5) is 4.79 Å². The molecule has 0 aliphatic carbocycles. The van der Waals surface area contributed by atoms with E-state index in [-0.39, 0.29) is 19.1 Å². The third-order valence-electron chi connectivity index (χ3n) is 6.02. The van der Waals surface area contributed by atoms with E-state index in [0.29, 0.717) is 30.9 Å². The summed E-state index contributed by atoms with van der Waals surface area (Å²) < 4.78 is 6.07. The summed E-state index contributed by atoms with van der Waals surface area (Å²) in [6, 6.07) is 23.3. The summed E-state index contributed by atoms with van der Waals surface area (Å²) in [5, 5.41) is 28.9. The topological polar surface area (TPSA) is 90.2 Å². The molecule has 32 heavy (non-hydrogen) atoms. The normalized spacial score (nSPS) is 18.0. The first-order chi connectivity index (χ1) is 15.6. The number of nitrogens with zero attached hydrogens (tertiary/aromatic N) is 1. The average molecular weight is 434 g/mol. The van der Waals surface area contributed by atoms with Gasteiger partial charge < -0.3 is 25.0 Å². The number of ether oxygens (including phenoxy) is 1. The van der Waals surface area contributed by atoms with Crippen LogP contribution in [0.2, 0.25) is 0 Å². The van der Waals surface area contributed by atoms with Crippen molar-refractivity contribution in [2.75, 3.05) is 13.2 Å². The maximum absolute atomic E-state index is 11.5. The van der Waals surface area contributed by atoms with Crippen LogP contribution in [0.5, 0.6) is 5.75 Å². The molecule has 1 amide bonds. The number of amides is 1. The molecule has 6 nitrogen and oxygen atoms in total. The molecule has 0 saturated carbocycles. The van der Waals surface area contributed by atoms with Gasteiger partial charge in [-0.25, -0.2) is 4.79 Å². The van der Waals surface area contributed by atoms with Crippen molar-refractivity contribution in [3.05, 3.63) is 89.5 Å². The van der Waals surface area contributed by atoms with E-state index in [4.69, 9.17) is 4.74 Å². The summed E-state index contributed by atoms with van der Waals surface area (Å²) in [6.45, 7) is 0.344. The molecule has 0 spiro atoms. The molecule has 1 saturated heterocycles. The van der Waals surface area contributed by atoms with Crippen molar-refractivity contribution in [1.82, 2.24) is 4.90 Å². The van der Waals surface area contributed by atoms with Crippen molar-refractivity contribution in [3.63, 3.8) is 0 Å². The smallest absolute Gasteiger partial charge is 0.407 e. The number of benzene rings is 3. The minimum Gasteiger partial charge on any atom is -0.489 e. The molecule has 1 heterocycles. The largest absolute Gasteiger partial charge is 0.489 e. The van der Waals surface area contributed by atoms with E-state index in [0.717, 1.165) is 22.3 Å². The fourth-order valence-corrected chi connectivity index (χ4v) is 4.42. The van der Waals surface area contributed by atoms with Gasteiger partial charge in [-0.3, -0.25) is 0 Å². The second kappa shape index (κ2) is 9.85. The van der Waals surface area contributed by atoms with Gasteiger partial charge >= 0.3 is 6.09 Å². The molecule has 0 aromatic heterocycles. The number of carboxylic acid groups (broad SMARTS) is 1. The van der Waals surface area contributed by atoms with Gasteiger partial charge in [0.1, 0.15) is 12.4 Å². The second-order valence-corrected chi connectivity index (χ2v) is 8.04. The maximum Gasteiger partial charge on any atom is 0.407 e. The molecule has 1 aliphatic heterocycles. The van der Waals surface area contributed by atoms with Crippen molar-refractivity contribution in [2.24, 2.45) is 0 Å². The summed E-state index contributed by atoms with van der Waals surface area (Å²) >= 11 is 0. The van der Waals surface area contributed by atoms with Crippen molar-refractivity contribution >= 4 is 6.09 Å². The Morgan fingerprint density at radius 1 is 0.938 bits per heavy atom. The molecular formula is C26H27NO5. The minimum absolute atomic E-state index is 0.146. The Morgan fingerprint density at radius 3 is 2.44 bits per heavy atom. The highest BCUT2D eigenvalue weighted by atomic mass is 16.5. The molecule has 2 atom stereocenters. The second-order valence-electron chi connectivity index (χ2n) is 8.04. The highest BCUT2D eigenvalue weighted by molar-refractivity contribution is 5.66. The summed E-state index contributed by atoms with van der Waals surface area (Å²) in [5.74, 6) is 0.466. The van der Waals surface area contributed by atoms with Gasteiger partial charge in [0.2, 0.25) is 0 Å². The number of likely N-dealkylation sites (tertiary alicyclic amines) is 1. The molecule has 1 aliphatic rings. The maximum atomic E-state index is 11.5. The van der Waals surface area contributed by atoms with Crippen LogP contribution < -0.4 is 4.74 Å². The van der Waals surface area contributed by atoms with E-state index >= 15 is 0 Å². The highest BCUT2D eigenvalue weighted by Gasteiger charge is 2.37. The summed E-state index contributed by atoms with van der Waals surface area (Å²) in [5.41, 5.74) is 4.84. The number of carbonyl (C=O) groups is 1. The first-order valence-corrected chi connectivity index (χ1v) is 10.7. The predicted molar refractivity (Wildman–Crippen MR) is 122 cm³/mol. The standard InChI is InChI=1S/C26H27NO5/c28-15-19-12-22(24-9-10-27(26(30)31)25(24)16-29)14-23(13-19)32-17-18-5-4-8-21(11-18)20-6-2-1-3-7-20/h1-8,11-14,24-25,28-29H,9-10,15-17H2,(H,30,31). The van der Waals surface area contributed by atoms with Gasteiger partial charge in [-0.2, -0.15) is 0 Å². The average Bonchev–Trinajstić information content (AvgIpc) is 3.28. The molecule has 3 N–H and O–H groups in total. The fraction of sp³-hybridized carbons (Fsp3) is 0.269. The van der Waals surface area contributed by atoms with E-state index in [1.165, 1.54) is 4.90 Å². The van der Waals surface area contributed by atoms with Crippen LogP contribution in [0.1, 0.15) is 29.0 Å². The molecule has 0 bridgehead atoms. The third kappa shape index (κ3) is 4.77. The van der Waals surface area contributed by atoms with Crippen LogP contribution in [0.15, 0.2) is 72.8 Å². The van der Waals surface area contributed by atoms with E-state index in [2.05, 4.69) is 24.3 Å². The van der Waals surface area contributed by atoms with Gasteiger partial charge in [-0.1, -0.05) is 54.6 Å². The zero-order valence-corrected chi connectivity index (χ0v) is 17.7. The van der Waals surface area contributed by atoms with Crippen LogP contribution in [0.25, 0.3) is 11.1 Å². The quantitative estimate of drug-likeness (QED) is 0.518. The van der Waals surface area contributed by atoms with E-state index in [1.54, 1.807) is 6.07 Å². The lowest BCUT2D eigenvalue weighted by atomic mass is 9.90. The van der Waals surface area contributed by atoms with Crippen LogP contribution in [-0.2, 0) is 13.2 Å². The van der Waals surface area contributed by atoms with E-state index < -0.39 is 12.1 Å². The predicted octanol–water partition coefficient (Wildman–Crippen LogP) is 4.25. The van der Waals surface area contributed by atoms with Gasteiger partial charge in [0, 0.05) is 12.5 Å². The Labute approximate surface area is 187 Å². The minimum atomic E-state index is -1.03. The molecule has 166 valence electrons. The molecule has 4 rings (SSSR count). The lowest BCUT2D eigenvalue weighted by Gasteiger charge is -2.25. The monoisotopic (exact) mass is 433 g/mol. The van der Waals surface area contributed by atoms with Gasteiger partial charge in [-0.15, -0.1) is 0 Å². The number of hydrogen-bond acceptors (Lipinski definition) is 4. The zero-order valence-electron chi connectivity index (χ0n) is 17.7. The Kier molecular flexibility index (Phi) is 6.73. The molecule has 3 aromatic rings. The van der Waals surface area contributed by atoms with Crippen molar-refractivity contribution < 1.29 is 24.9 Å². The van der Waals surface area contributed by atoms with Crippen molar-refractivity contribution in [1.29, 1.82) is 0 Å². The Bertz CT molecular complexity index is 1070. The number of aliphatic hydroxyl groups is 2. The van der Waals surface area contributed by atoms with Crippen LogP contribution >= 0.6 is 0 Å². The van der Waals surface area contributed by atoms with Gasteiger partial charge in [0.05, 0.1) is 19.3 Å². The number of hydrogen-bond donors (Lipinski definition) is 3. The van der Waals surface area contributed by atoms with Gasteiger partial charge in [0.15, 0.2) is 0 Å². The van der Waals surface area contributed by atoms with E-state index in [1.807, 2.05) is 42.5 Å². The molecule has 1 fully saturated rings. The zero-order chi connectivity index (χ0) is 22.5. The summed E-state index contributed by atoms with van der Waals surface area (Å²) in [7, 11) is 0. The van der Waals surface area contributed by atoms with Gasteiger partial charge in [-0.05, 0) is 52.4 Å². The first kappa shape index (κ1) is 21.9. The van der Waals surface area contributed by atoms with Gasteiger partial charge in [0.25, 0.3) is 0 Å². The fourth-order valence-electron chi connectivity index (χ4n) is 4.42. The van der Waals surface area contributed by atoms with Crippen molar-refractivity contribution in [2.45, 2.75) is 31.6 Å². The van der Waals surface area contributed by atoms with E-state index in [9.17, 15) is 20.1 Å². The summed E-state index contributed by atoms with van der Waals surface area (Å²) in [4.78, 5) is 12.8. The molecular weight excluding hydrogens is 406 g/mol. The first-order valence-electron chi connectivity index (χ1n) is 10.7. The van der Waals surface area contributed by atoms with Crippen LogP contribution in [0.3, 0.4) is 0 Å². The lowest BCUT2D eigenvalue weighted by Crippen LogP contribution is -2.38. The Balaban J connectivity index is 1.53. The lowest BCUT2D eigenvalue weighted by molar-refractivity contribution is 0.114. The summed E-state index contributed by atoms with van der Waals surface area (Å²) in [6.07, 6.45) is -0.412. The van der Waals surface area contributed by atoms with Crippen LogP contribution in [0, 0.1) is 0 Å². The molecule has 2 unspecified atom stereocenters. The number of rotatable bonds is 7. The molecule has 6 heteroatoms. The SMILES string of the molecule is O=C(O)N1CCC(c2cc(CO)cc(OCc3cccc(-c4ccccc4)c3)c2)C1CO. The molecule has 3 aromatic carbocycles. The number of aliphatic hydroxyl groups excluding tert-OH is 2. The van der Waals surface area contributed by atoms with Crippen molar-refractivity contribution in [3.8, 4) is 16.9 Å².